The molecule has 17 heavy (non-hydrogen) atoms. The summed E-state index contributed by atoms with van der Waals surface area (Å²) in [5.41, 5.74) is 0. The zero-order chi connectivity index (χ0) is 11.5. The molecule has 0 fully saturated rings. The number of hydrogen-bond acceptors (Lipinski definition) is 4. The van der Waals surface area contributed by atoms with E-state index in [9.17, 15) is 4.79 Å². The summed E-state index contributed by atoms with van der Waals surface area (Å²) in [6.07, 6.45) is -1.11. The Morgan fingerprint density at radius 1 is 1.18 bits per heavy atom. The van der Waals surface area contributed by atoms with Crippen molar-refractivity contribution < 1.29 is 14.6 Å². The van der Waals surface area contributed by atoms with Gasteiger partial charge in [-0.2, -0.15) is 0 Å². The van der Waals surface area contributed by atoms with E-state index in [1.807, 2.05) is 30.3 Å². The number of hydrogen-bond donors (Lipinski definition) is 2. The Balaban J connectivity index is 0.00000144. The van der Waals surface area contributed by atoms with E-state index in [2.05, 4.69) is 0 Å². The van der Waals surface area contributed by atoms with Crippen LogP contribution in [0.4, 0.5) is 0 Å². The maximum absolute atomic E-state index is 11.2. The van der Waals surface area contributed by atoms with Crippen LogP contribution in [0.5, 0.6) is 5.75 Å². The van der Waals surface area contributed by atoms with Gasteiger partial charge in [-0.1, -0.05) is 30.3 Å². The van der Waals surface area contributed by atoms with Gasteiger partial charge in [0.1, 0.15) is 11.9 Å². The highest BCUT2D eigenvalue weighted by atomic mass is 16.5. The number of carbonyl (C=O) groups is 1. The molecule has 0 bridgehead atoms. The Morgan fingerprint density at radius 3 is 2.47 bits per heavy atom. The first-order chi connectivity index (χ1) is 7.66. The van der Waals surface area contributed by atoms with Crippen LogP contribution in [0.3, 0.4) is 0 Å². The average molecular weight is 233 g/mol. The largest absolute Gasteiger partial charge is 0.425 e. The number of fused-ring (bicyclic) bond motifs is 1. The Kier molecular flexibility index (Phi) is 4.20. The second-order valence-electron chi connectivity index (χ2n) is 3.61. The maximum atomic E-state index is 11.2. The molecule has 90 valence electrons. The maximum Gasteiger partial charge on any atom is 0.340 e. The van der Waals surface area contributed by atoms with E-state index in [1.165, 1.54) is 6.92 Å². The number of aliphatic hydroxyl groups excluding tert-OH is 1. The van der Waals surface area contributed by atoms with E-state index in [0.717, 1.165) is 10.8 Å². The molecule has 1 atom stereocenters. The molecular formula is C13H15NO3. The smallest absolute Gasteiger partial charge is 0.340 e. The lowest BCUT2D eigenvalue weighted by molar-refractivity contribution is -0.142. The summed E-state index contributed by atoms with van der Waals surface area (Å²) < 4.78 is 4.99. The van der Waals surface area contributed by atoms with Crippen molar-refractivity contribution in [3.05, 3.63) is 42.5 Å². The van der Waals surface area contributed by atoms with Crippen molar-refractivity contribution >= 4 is 16.7 Å². The predicted octanol–water partition coefficient (Wildman–Crippen LogP) is 2.29. The van der Waals surface area contributed by atoms with Crippen LogP contribution >= 0.6 is 0 Å². The van der Waals surface area contributed by atoms with Gasteiger partial charge < -0.3 is 16.0 Å². The van der Waals surface area contributed by atoms with Crippen LogP contribution in [-0.4, -0.2) is 17.2 Å². The van der Waals surface area contributed by atoms with Crippen LogP contribution in [0.1, 0.15) is 6.92 Å². The first kappa shape index (κ1) is 13.2. The lowest BCUT2D eigenvalue weighted by atomic mass is 10.1. The number of carbonyl (C=O) groups excluding carboxylic acids is 1. The van der Waals surface area contributed by atoms with Crippen molar-refractivity contribution in [1.82, 2.24) is 6.15 Å². The molecule has 4 N–H and O–H groups in total. The molecule has 0 saturated carbocycles. The summed E-state index contributed by atoms with van der Waals surface area (Å²) in [6, 6.07) is 13.1. The zero-order valence-electron chi connectivity index (χ0n) is 9.59. The third-order valence-corrected chi connectivity index (χ3v) is 2.28. The SMILES string of the molecule is CC(O)C(=O)Oc1ccc2ccccc2c1.N. The van der Waals surface area contributed by atoms with E-state index >= 15 is 0 Å². The molecule has 2 aromatic carbocycles. The average Bonchev–Trinajstić information content (AvgIpc) is 2.28. The molecule has 4 heteroatoms. The van der Waals surface area contributed by atoms with Gasteiger partial charge in [0.15, 0.2) is 0 Å². The summed E-state index contributed by atoms with van der Waals surface area (Å²) >= 11 is 0. The normalized spacial score (nSPS) is 11.6. The third kappa shape index (κ3) is 3.03. The number of esters is 1. The molecular weight excluding hydrogens is 218 g/mol. The van der Waals surface area contributed by atoms with Crippen molar-refractivity contribution in [2.45, 2.75) is 13.0 Å². The van der Waals surface area contributed by atoms with Gasteiger partial charge in [-0.3, -0.25) is 0 Å². The van der Waals surface area contributed by atoms with Gasteiger partial charge in [0, 0.05) is 0 Å². The fraction of sp³-hybridized carbons (Fsp3) is 0.154. The molecule has 2 rings (SSSR count). The highest BCUT2D eigenvalue weighted by Gasteiger charge is 2.11. The third-order valence-electron chi connectivity index (χ3n) is 2.28. The fourth-order valence-electron chi connectivity index (χ4n) is 1.43. The Morgan fingerprint density at radius 2 is 1.82 bits per heavy atom. The quantitative estimate of drug-likeness (QED) is 0.616. The van der Waals surface area contributed by atoms with Crippen molar-refractivity contribution in [2.75, 3.05) is 0 Å². The van der Waals surface area contributed by atoms with Crippen LogP contribution in [-0.2, 0) is 4.79 Å². The molecule has 4 nitrogen and oxygen atoms in total. The highest BCUT2D eigenvalue weighted by molar-refractivity contribution is 5.85. The first-order valence-electron chi connectivity index (χ1n) is 5.05. The van der Waals surface area contributed by atoms with E-state index in [1.54, 1.807) is 12.1 Å². The second kappa shape index (κ2) is 5.43. The van der Waals surface area contributed by atoms with Crippen molar-refractivity contribution in [1.29, 1.82) is 0 Å². The van der Waals surface area contributed by atoms with E-state index in [4.69, 9.17) is 9.84 Å². The van der Waals surface area contributed by atoms with Crippen LogP contribution < -0.4 is 10.9 Å². The summed E-state index contributed by atoms with van der Waals surface area (Å²) in [5, 5.41) is 11.1. The monoisotopic (exact) mass is 233 g/mol. The minimum atomic E-state index is -1.11. The molecule has 0 aromatic heterocycles. The fourth-order valence-corrected chi connectivity index (χ4v) is 1.43. The van der Waals surface area contributed by atoms with Crippen molar-refractivity contribution in [3.63, 3.8) is 0 Å². The minimum absolute atomic E-state index is 0. The zero-order valence-corrected chi connectivity index (χ0v) is 9.59. The van der Waals surface area contributed by atoms with Gasteiger partial charge in [-0.25, -0.2) is 4.79 Å². The second-order valence-corrected chi connectivity index (χ2v) is 3.61. The van der Waals surface area contributed by atoms with Crippen LogP contribution in [0.15, 0.2) is 42.5 Å². The Bertz CT molecular complexity index is 523. The molecule has 0 aliphatic rings. The van der Waals surface area contributed by atoms with Gasteiger partial charge >= 0.3 is 5.97 Å². The molecule has 0 saturated heterocycles. The minimum Gasteiger partial charge on any atom is -0.425 e. The molecule has 0 aliphatic heterocycles. The number of rotatable bonds is 2. The lowest BCUT2D eigenvalue weighted by Crippen LogP contribution is -2.22. The molecule has 0 radical (unpaired) electrons. The van der Waals surface area contributed by atoms with E-state index in [-0.39, 0.29) is 6.15 Å². The number of benzene rings is 2. The van der Waals surface area contributed by atoms with Crippen molar-refractivity contribution in [2.24, 2.45) is 0 Å². The van der Waals surface area contributed by atoms with Crippen LogP contribution in [0.2, 0.25) is 0 Å². The molecule has 0 amide bonds. The van der Waals surface area contributed by atoms with E-state index in [0.29, 0.717) is 5.75 Å². The summed E-state index contributed by atoms with van der Waals surface area (Å²) in [7, 11) is 0. The summed E-state index contributed by atoms with van der Waals surface area (Å²) in [6.45, 7) is 1.38. The standard InChI is InChI=1S/C13H12O3.H3N/c1-9(14)13(15)16-12-7-6-10-4-2-3-5-11(10)8-12;/h2-9,14H,1H3;1H3. The van der Waals surface area contributed by atoms with Gasteiger partial charge in [0.25, 0.3) is 0 Å². The topological polar surface area (TPSA) is 81.5 Å². The van der Waals surface area contributed by atoms with Gasteiger partial charge in [-0.15, -0.1) is 0 Å². The molecule has 1 unspecified atom stereocenters. The summed E-state index contributed by atoms with van der Waals surface area (Å²) in [5.74, 6) is -0.195. The van der Waals surface area contributed by atoms with E-state index < -0.39 is 12.1 Å². The number of ether oxygens (including phenoxy) is 1. The Labute approximate surface area is 99.4 Å². The Hall–Kier alpha value is -1.91. The van der Waals surface area contributed by atoms with Gasteiger partial charge in [-0.05, 0) is 29.8 Å². The molecule has 0 aliphatic carbocycles. The summed E-state index contributed by atoms with van der Waals surface area (Å²) in [4.78, 5) is 11.2. The van der Waals surface area contributed by atoms with Crippen LogP contribution in [0, 0.1) is 0 Å². The highest BCUT2D eigenvalue weighted by Crippen LogP contribution is 2.20. The first-order valence-corrected chi connectivity index (χ1v) is 5.05. The molecule has 2 aromatic rings. The van der Waals surface area contributed by atoms with Gasteiger partial charge in [0.05, 0.1) is 0 Å². The lowest BCUT2D eigenvalue weighted by Gasteiger charge is -2.06. The van der Waals surface area contributed by atoms with Gasteiger partial charge in [0.2, 0.25) is 0 Å². The predicted molar refractivity (Wildman–Crippen MR) is 66.3 cm³/mol. The van der Waals surface area contributed by atoms with Crippen molar-refractivity contribution in [3.8, 4) is 5.75 Å². The number of aliphatic hydroxyl groups is 1. The molecule has 0 spiro atoms. The molecule has 0 heterocycles. The van der Waals surface area contributed by atoms with Crippen LogP contribution in [0.25, 0.3) is 10.8 Å².